The molecule has 0 saturated carbocycles. The molecule has 0 unspecified atom stereocenters. The van der Waals surface area contributed by atoms with Gasteiger partial charge in [0.25, 0.3) is 11.6 Å². The number of rotatable bonds is 6. The fourth-order valence-corrected chi connectivity index (χ4v) is 4.99. The number of ether oxygens (including phenoxy) is 3. The van der Waals surface area contributed by atoms with Gasteiger partial charge in [-0.15, -0.1) is 0 Å². The van der Waals surface area contributed by atoms with Gasteiger partial charge < -0.3 is 19.5 Å². The van der Waals surface area contributed by atoms with Crippen LogP contribution < -0.4 is 14.8 Å². The van der Waals surface area contributed by atoms with Crippen LogP contribution in [0.4, 0.5) is 5.69 Å². The topological polar surface area (TPSA) is 137 Å². The van der Waals surface area contributed by atoms with Gasteiger partial charge in [-0.2, -0.15) is 4.31 Å². The number of hydrogen-bond donors (Lipinski definition) is 1. The lowest BCUT2D eigenvalue weighted by Gasteiger charge is -2.27. The average Bonchev–Trinajstić information content (AvgIpc) is 3.25. The van der Waals surface area contributed by atoms with Gasteiger partial charge in [-0.3, -0.25) is 14.9 Å². The van der Waals surface area contributed by atoms with Gasteiger partial charge in [-0.25, -0.2) is 8.42 Å². The summed E-state index contributed by atoms with van der Waals surface area (Å²) in [4.78, 5) is 23.5. The lowest BCUT2D eigenvalue weighted by molar-refractivity contribution is -0.385. The molecule has 0 spiro atoms. The third-order valence-electron chi connectivity index (χ3n) is 4.93. The Morgan fingerprint density at radius 3 is 2.52 bits per heavy atom. The number of nitrogens with zero attached hydrogens (tertiary/aromatic N) is 2. The van der Waals surface area contributed by atoms with E-state index < -0.39 is 26.5 Å². The Labute approximate surface area is 177 Å². The molecule has 31 heavy (non-hydrogen) atoms. The minimum absolute atomic E-state index is 0.0670. The Bertz CT molecular complexity index is 1130. The maximum absolute atomic E-state index is 13.0. The number of benzene rings is 2. The van der Waals surface area contributed by atoms with Gasteiger partial charge in [0.2, 0.25) is 16.8 Å². The Kier molecular flexibility index (Phi) is 5.76. The molecule has 2 aliphatic heterocycles. The van der Waals surface area contributed by atoms with Crippen LogP contribution >= 0.6 is 0 Å². The van der Waals surface area contributed by atoms with E-state index in [0.717, 1.165) is 6.07 Å². The number of carbonyl (C=O) groups is 1. The zero-order valence-electron chi connectivity index (χ0n) is 16.3. The van der Waals surface area contributed by atoms with Crippen LogP contribution in [0.3, 0.4) is 0 Å². The summed E-state index contributed by atoms with van der Waals surface area (Å²) in [5, 5.41) is 14.0. The van der Waals surface area contributed by atoms with Gasteiger partial charge in [0.15, 0.2) is 11.5 Å². The Hall–Kier alpha value is -3.22. The van der Waals surface area contributed by atoms with E-state index in [-0.39, 0.29) is 48.4 Å². The first-order chi connectivity index (χ1) is 14.9. The average molecular weight is 449 g/mol. The second-order valence-corrected chi connectivity index (χ2v) is 8.69. The molecule has 12 heteroatoms. The standard InChI is InChI=1S/C19H19N3O8S/c23-19(14-9-16-17(30-12-29-16)10-15(14)22(24)25)20-11-13-3-1-2-4-18(13)31(26,27)21-5-7-28-8-6-21/h1-4,9-10H,5-8,11-12H2,(H,20,23). The van der Waals surface area contributed by atoms with Gasteiger partial charge >= 0.3 is 0 Å². The van der Waals surface area contributed by atoms with Gasteiger partial charge in [0, 0.05) is 25.7 Å². The van der Waals surface area contributed by atoms with Gasteiger partial charge in [-0.1, -0.05) is 18.2 Å². The number of carbonyl (C=O) groups excluding carboxylic acids is 1. The van der Waals surface area contributed by atoms with Crippen LogP contribution in [-0.2, 0) is 21.3 Å². The fraction of sp³-hybridized carbons (Fsp3) is 0.316. The molecule has 0 radical (unpaired) electrons. The number of fused-ring (bicyclic) bond motifs is 1. The zero-order chi connectivity index (χ0) is 22.0. The molecule has 1 N–H and O–H groups in total. The second kappa shape index (κ2) is 8.49. The van der Waals surface area contributed by atoms with E-state index in [4.69, 9.17) is 14.2 Å². The first-order valence-corrected chi connectivity index (χ1v) is 10.8. The van der Waals surface area contributed by atoms with Gasteiger partial charge in [0.1, 0.15) is 5.56 Å². The molecule has 4 rings (SSSR count). The summed E-state index contributed by atoms with van der Waals surface area (Å²) in [6.45, 7) is 0.880. The van der Waals surface area contributed by atoms with Crippen molar-refractivity contribution in [1.82, 2.24) is 9.62 Å². The summed E-state index contributed by atoms with van der Waals surface area (Å²) < 4.78 is 42.9. The van der Waals surface area contributed by atoms with Crippen LogP contribution in [0.1, 0.15) is 15.9 Å². The quantitative estimate of drug-likeness (QED) is 0.514. The molecule has 1 saturated heterocycles. The molecule has 0 aromatic heterocycles. The van der Waals surface area contributed by atoms with Crippen molar-refractivity contribution in [1.29, 1.82) is 0 Å². The third-order valence-corrected chi connectivity index (χ3v) is 6.93. The molecule has 2 aromatic rings. The normalized spacial score (nSPS) is 16.1. The molecule has 0 aliphatic carbocycles. The van der Waals surface area contributed by atoms with E-state index in [1.807, 2.05) is 0 Å². The van der Waals surface area contributed by atoms with E-state index in [1.165, 1.54) is 16.4 Å². The largest absolute Gasteiger partial charge is 0.454 e. The number of amides is 1. The van der Waals surface area contributed by atoms with Crippen molar-refractivity contribution in [3.8, 4) is 11.5 Å². The summed E-state index contributed by atoms with van der Waals surface area (Å²) in [5.41, 5.74) is -0.274. The lowest BCUT2D eigenvalue weighted by Crippen LogP contribution is -2.41. The van der Waals surface area contributed by atoms with E-state index in [9.17, 15) is 23.3 Å². The summed E-state index contributed by atoms with van der Waals surface area (Å²) >= 11 is 0. The number of sulfonamides is 1. The molecule has 164 valence electrons. The molecule has 11 nitrogen and oxygen atoms in total. The molecule has 0 atom stereocenters. The van der Waals surface area contributed by atoms with E-state index in [1.54, 1.807) is 18.2 Å². The predicted molar refractivity (Wildman–Crippen MR) is 106 cm³/mol. The van der Waals surface area contributed by atoms with Crippen molar-refractivity contribution in [3.05, 3.63) is 57.6 Å². The Morgan fingerprint density at radius 2 is 1.81 bits per heavy atom. The van der Waals surface area contributed by atoms with Crippen molar-refractivity contribution in [3.63, 3.8) is 0 Å². The summed E-state index contributed by atoms with van der Waals surface area (Å²) in [5.74, 6) is -0.320. The van der Waals surface area contributed by atoms with Gasteiger partial charge in [0.05, 0.1) is 29.1 Å². The highest BCUT2D eigenvalue weighted by atomic mass is 32.2. The van der Waals surface area contributed by atoms with Crippen molar-refractivity contribution in [2.75, 3.05) is 33.1 Å². The second-order valence-electron chi connectivity index (χ2n) is 6.79. The number of nitro groups is 1. The van der Waals surface area contributed by atoms with Crippen LogP contribution in [0.15, 0.2) is 41.3 Å². The fourth-order valence-electron chi connectivity index (χ4n) is 3.36. The maximum Gasteiger partial charge on any atom is 0.286 e. The van der Waals surface area contributed by atoms with E-state index in [0.29, 0.717) is 18.8 Å². The molecule has 2 heterocycles. The molecule has 1 fully saturated rings. The summed E-state index contributed by atoms with van der Waals surface area (Å²) in [6.07, 6.45) is 0. The van der Waals surface area contributed by atoms with E-state index in [2.05, 4.69) is 5.32 Å². The van der Waals surface area contributed by atoms with E-state index >= 15 is 0 Å². The highest BCUT2D eigenvalue weighted by Gasteiger charge is 2.30. The minimum atomic E-state index is -3.78. The Morgan fingerprint density at radius 1 is 1.13 bits per heavy atom. The number of nitro benzene ring substituents is 1. The number of hydrogen-bond acceptors (Lipinski definition) is 8. The van der Waals surface area contributed by atoms with Crippen molar-refractivity contribution in [2.24, 2.45) is 0 Å². The summed E-state index contributed by atoms with van der Waals surface area (Å²) in [7, 11) is -3.78. The third kappa shape index (κ3) is 4.17. The van der Waals surface area contributed by atoms with Crippen molar-refractivity contribution < 1.29 is 32.3 Å². The smallest absolute Gasteiger partial charge is 0.286 e. The highest BCUT2D eigenvalue weighted by Crippen LogP contribution is 2.38. The predicted octanol–water partition coefficient (Wildman–Crippen LogP) is 1.27. The zero-order valence-corrected chi connectivity index (χ0v) is 17.1. The van der Waals surface area contributed by atoms with Crippen molar-refractivity contribution >= 4 is 21.6 Å². The minimum Gasteiger partial charge on any atom is -0.454 e. The molecule has 1 amide bonds. The number of morpholine rings is 1. The van der Waals surface area contributed by atoms with Gasteiger partial charge in [-0.05, 0) is 11.6 Å². The van der Waals surface area contributed by atoms with Crippen LogP contribution in [0, 0.1) is 10.1 Å². The molecular formula is C19H19N3O8S. The molecular weight excluding hydrogens is 430 g/mol. The van der Waals surface area contributed by atoms with Crippen LogP contribution in [0.25, 0.3) is 0 Å². The SMILES string of the molecule is O=C(NCc1ccccc1S(=O)(=O)N1CCOCC1)c1cc2c(cc1[N+](=O)[O-])OCO2. The highest BCUT2D eigenvalue weighted by molar-refractivity contribution is 7.89. The van der Waals surface area contributed by atoms with Crippen LogP contribution in [0.2, 0.25) is 0 Å². The number of nitrogens with one attached hydrogen (secondary N) is 1. The Balaban J connectivity index is 1.57. The lowest BCUT2D eigenvalue weighted by atomic mass is 10.1. The monoisotopic (exact) mass is 449 g/mol. The first kappa shape index (κ1) is 21.0. The van der Waals surface area contributed by atoms with Crippen molar-refractivity contribution in [2.45, 2.75) is 11.4 Å². The first-order valence-electron chi connectivity index (χ1n) is 9.40. The molecule has 2 aromatic carbocycles. The molecule has 2 aliphatic rings. The summed E-state index contributed by atoms with van der Waals surface area (Å²) in [6, 6.07) is 8.68. The maximum atomic E-state index is 13.0. The molecule has 0 bridgehead atoms. The van der Waals surface area contributed by atoms with Crippen LogP contribution in [-0.4, -0.2) is 56.6 Å². The van der Waals surface area contributed by atoms with Crippen LogP contribution in [0.5, 0.6) is 11.5 Å².